The van der Waals surface area contributed by atoms with Crippen molar-refractivity contribution in [1.82, 2.24) is 0 Å². The lowest BCUT2D eigenvalue weighted by Gasteiger charge is -2.27. The fourth-order valence-corrected chi connectivity index (χ4v) is 5.03. The van der Waals surface area contributed by atoms with Crippen molar-refractivity contribution in [1.29, 1.82) is 5.26 Å². The number of fused-ring (bicyclic) bond motifs is 2. The molecule has 0 amide bonds. The molecule has 1 aromatic heterocycles. The summed E-state index contributed by atoms with van der Waals surface area (Å²) < 4.78 is 17.1. The average molecular weight is 519 g/mol. The number of carbonyl (C=O) groups excluding carboxylic acids is 1. The van der Waals surface area contributed by atoms with Gasteiger partial charge in [-0.15, -0.1) is 0 Å². The van der Waals surface area contributed by atoms with Crippen LogP contribution in [-0.2, 0) is 6.42 Å². The van der Waals surface area contributed by atoms with E-state index in [1.54, 1.807) is 36.4 Å². The van der Waals surface area contributed by atoms with Gasteiger partial charge in [-0.1, -0.05) is 48.3 Å². The number of furan rings is 1. The molecule has 2 N–H and O–H groups in total. The van der Waals surface area contributed by atoms with E-state index in [4.69, 9.17) is 42.8 Å². The van der Waals surface area contributed by atoms with E-state index in [2.05, 4.69) is 13.0 Å². The van der Waals surface area contributed by atoms with Crippen molar-refractivity contribution in [2.45, 2.75) is 26.2 Å². The summed E-state index contributed by atoms with van der Waals surface area (Å²) in [7, 11) is 0. The Morgan fingerprint density at radius 3 is 2.58 bits per heavy atom. The molecule has 0 saturated carbocycles. The van der Waals surface area contributed by atoms with Crippen LogP contribution in [0.25, 0.3) is 11.0 Å². The Morgan fingerprint density at radius 2 is 1.89 bits per heavy atom. The molecule has 0 saturated heterocycles. The minimum Gasteiger partial charge on any atom is -0.449 e. The second-order valence-corrected chi connectivity index (χ2v) is 9.20. The van der Waals surface area contributed by atoms with Crippen molar-refractivity contribution in [3.8, 4) is 17.6 Å². The van der Waals surface area contributed by atoms with Gasteiger partial charge in [0, 0.05) is 38.2 Å². The minimum atomic E-state index is -0.643. The zero-order chi connectivity index (χ0) is 25.6. The Morgan fingerprint density at radius 1 is 1.14 bits per heavy atom. The Labute approximate surface area is 217 Å². The number of nitrogens with zero attached hydrogens (tertiary/aromatic N) is 1. The van der Waals surface area contributed by atoms with E-state index < -0.39 is 11.9 Å². The number of allylic oxidation sites excluding steroid dienone is 1. The van der Waals surface area contributed by atoms with Crippen LogP contribution in [0.5, 0.6) is 11.5 Å². The van der Waals surface area contributed by atoms with E-state index in [-0.39, 0.29) is 23.0 Å². The van der Waals surface area contributed by atoms with Gasteiger partial charge in [0.25, 0.3) is 0 Å². The van der Waals surface area contributed by atoms with Gasteiger partial charge in [0.15, 0.2) is 0 Å². The van der Waals surface area contributed by atoms with Crippen LogP contribution in [0.15, 0.2) is 70.5 Å². The van der Waals surface area contributed by atoms with Gasteiger partial charge < -0.3 is 19.6 Å². The summed E-state index contributed by atoms with van der Waals surface area (Å²) >= 11 is 12.9. The molecule has 0 aliphatic carbocycles. The molecule has 8 heteroatoms. The number of benzene rings is 3. The first-order valence-corrected chi connectivity index (χ1v) is 12.0. The van der Waals surface area contributed by atoms with Crippen LogP contribution >= 0.6 is 23.2 Å². The fourth-order valence-electron chi connectivity index (χ4n) is 4.42. The van der Waals surface area contributed by atoms with Gasteiger partial charge in [-0.2, -0.15) is 5.26 Å². The number of hydrogen-bond acceptors (Lipinski definition) is 6. The first kappa shape index (κ1) is 23.8. The molecular weight excluding hydrogens is 499 g/mol. The molecule has 5 rings (SSSR count). The predicted molar refractivity (Wildman–Crippen MR) is 137 cm³/mol. The lowest BCUT2D eigenvalue weighted by Crippen LogP contribution is -2.21. The summed E-state index contributed by atoms with van der Waals surface area (Å²) in [6, 6.07) is 17.9. The molecule has 0 radical (unpaired) electrons. The van der Waals surface area contributed by atoms with Gasteiger partial charge in [0.1, 0.15) is 28.7 Å². The number of ether oxygens (including phenoxy) is 2. The van der Waals surface area contributed by atoms with Crippen LogP contribution in [0.2, 0.25) is 10.0 Å². The fraction of sp³-hybridized carbons (Fsp3) is 0.143. The van der Waals surface area contributed by atoms with Crippen LogP contribution < -0.4 is 15.2 Å². The molecule has 0 spiro atoms. The van der Waals surface area contributed by atoms with Crippen molar-refractivity contribution in [2.24, 2.45) is 5.73 Å². The molecule has 6 nitrogen and oxygen atoms in total. The summed E-state index contributed by atoms with van der Waals surface area (Å²) in [6.45, 7) is 3.89. The van der Waals surface area contributed by atoms with Crippen molar-refractivity contribution >= 4 is 40.1 Å². The van der Waals surface area contributed by atoms with Gasteiger partial charge >= 0.3 is 5.97 Å². The molecule has 0 bridgehead atoms. The number of rotatable bonds is 4. The number of carbonyl (C=O) groups is 1. The molecule has 1 atom stereocenters. The number of hydrogen-bond donors (Lipinski definition) is 1. The maximum absolute atomic E-state index is 13.0. The first-order valence-electron chi connectivity index (χ1n) is 11.2. The van der Waals surface area contributed by atoms with E-state index in [0.29, 0.717) is 38.1 Å². The molecule has 36 heavy (non-hydrogen) atoms. The summed E-state index contributed by atoms with van der Waals surface area (Å²) in [6.07, 6.45) is 0.876. The smallest absolute Gasteiger partial charge is 0.379 e. The molecule has 180 valence electrons. The summed E-state index contributed by atoms with van der Waals surface area (Å²) in [5.74, 6) is -0.672. The Kier molecular flexibility index (Phi) is 6.13. The molecule has 2 heterocycles. The molecule has 0 fully saturated rings. The quantitative estimate of drug-likeness (QED) is 0.229. The maximum atomic E-state index is 13.0. The highest BCUT2D eigenvalue weighted by atomic mass is 35.5. The maximum Gasteiger partial charge on any atom is 0.379 e. The van der Waals surface area contributed by atoms with E-state index in [1.165, 1.54) is 0 Å². The SMILES string of the molecule is CCc1ccc2oc(C(=O)Oc3ccc4c(c3)OC(N)=C(C#N)C4c3c(Cl)cccc3Cl)c(C)c2c1. The normalized spacial score (nSPS) is 14.8. The van der Waals surface area contributed by atoms with E-state index >= 15 is 0 Å². The number of halogens is 2. The largest absolute Gasteiger partial charge is 0.449 e. The summed E-state index contributed by atoms with van der Waals surface area (Å²) in [5.41, 5.74) is 9.90. The van der Waals surface area contributed by atoms with Gasteiger partial charge in [-0.25, -0.2) is 4.79 Å². The van der Waals surface area contributed by atoms with Crippen molar-refractivity contribution < 1.29 is 18.7 Å². The van der Waals surface area contributed by atoms with E-state index in [0.717, 1.165) is 17.4 Å². The van der Waals surface area contributed by atoms with Crippen molar-refractivity contribution in [3.63, 3.8) is 0 Å². The van der Waals surface area contributed by atoms with E-state index in [1.807, 2.05) is 25.1 Å². The topological polar surface area (TPSA) is 98.5 Å². The molecule has 1 aliphatic rings. The Bertz CT molecular complexity index is 1590. The van der Waals surface area contributed by atoms with Crippen molar-refractivity contribution in [3.05, 3.63) is 104 Å². The number of esters is 1. The second kappa shape index (κ2) is 9.27. The summed E-state index contributed by atoms with van der Waals surface area (Å²) in [4.78, 5) is 13.0. The monoisotopic (exact) mass is 518 g/mol. The van der Waals surface area contributed by atoms with Crippen LogP contribution in [0.1, 0.15) is 45.7 Å². The third kappa shape index (κ3) is 3.97. The lowest BCUT2D eigenvalue weighted by atomic mass is 9.83. The second-order valence-electron chi connectivity index (χ2n) is 8.39. The highest BCUT2D eigenvalue weighted by Crippen LogP contribution is 2.47. The third-order valence-corrected chi connectivity index (χ3v) is 6.94. The number of nitriles is 1. The molecular formula is C28H20Cl2N2O4. The molecule has 4 aromatic rings. The third-order valence-electron chi connectivity index (χ3n) is 6.28. The molecule has 3 aromatic carbocycles. The zero-order valence-corrected chi connectivity index (χ0v) is 20.9. The van der Waals surface area contributed by atoms with Crippen molar-refractivity contribution in [2.75, 3.05) is 0 Å². The van der Waals surface area contributed by atoms with Crippen LogP contribution in [-0.4, -0.2) is 5.97 Å². The highest BCUT2D eigenvalue weighted by molar-refractivity contribution is 6.36. The predicted octanol–water partition coefficient (Wildman–Crippen LogP) is 7.05. The summed E-state index contributed by atoms with van der Waals surface area (Å²) in [5, 5.41) is 11.4. The van der Waals surface area contributed by atoms with Gasteiger partial charge in [-0.3, -0.25) is 0 Å². The lowest BCUT2D eigenvalue weighted by molar-refractivity contribution is 0.0702. The van der Waals surface area contributed by atoms with Crippen LogP contribution in [0, 0.1) is 18.3 Å². The molecule has 1 aliphatic heterocycles. The minimum absolute atomic E-state index is 0.0747. The van der Waals surface area contributed by atoms with Gasteiger partial charge in [0.2, 0.25) is 11.6 Å². The number of aryl methyl sites for hydroxylation is 2. The van der Waals surface area contributed by atoms with Gasteiger partial charge in [-0.05, 0) is 49.2 Å². The zero-order valence-electron chi connectivity index (χ0n) is 19.4. The Hall–Kier alpha value is -3.92. The Balaban J connectivity index is 1.51. The first-order chi connectivity index (χ1) is 17.3. The molecule has 1 unspecified atom stereocenters. The van der Waals surface area contributed by atoms with E-state index in [9.17, 15) is 10.1 Å². The standard InChI is InChI=1S/C28H20Cl2N2O4/c1-3-15-7-10-22-18(11-15)14(2)26(35-22)28(33)34-16-8-9-17-23(12-16)36-27(32)19(13-31)24(17)25-20(29)5-4-6-21(25)30/h4-12,24H,3,32H2,1-2H3. The number of nitrogens with two attached hydrogens (primary N) is 1. The average Bonchev–Trinajstić information content (AvgIpc) is 3.19. The highest BCUT2D eigenvalue weighted by Gasteiger charge is 2.34. The van der Waals surface area contributed by atoms with Crippen LogP contribution in [0.3, 0.4) is 0 Å². The van der Waals surface area contributed by atoms with Gasteiger partial charge in [0.05, 0.1) is 5.92 Å². The van der Waals surface area contributed by atoms with Crippen LogP contribution in [0.4, 0.5) is 0 Å².